The van der Waals surface area contributed by atoms with Crippen molar-refractivity contribution in [2.45, 2.75) is 13.1 Å². The second kappa shape index (κ2) is 4.65. The van der Waals surface area contributed by atoms with Crippen LogP contribution in [-0.4, -0.2) is 20.3 Å². The van der Waals surface area contributed by atoms with Crippen LogP contribution in [0.1, 0.15) is 11.3 Å². The van der Waals surface area contributed by atoms with Gasteiger partial charge in [-0.2, -0.15) is 13.2 Å². The number of alkyl halides is 3. The van der Waals surface area contributed by atoms with Crippen LogP contribution in [0.25, 0.3) is 11.3 Å². The molecule has 0 amide bonds. The molecule has 0 bridgehead atoms. The normalized spacial score (nSPS) is 11.6. The Hall–Kier alpha value is -2.78. The van der Waals surface area contributed by atoms with Gasteiger partial charge >= 0.3 is 11.9 Å². The van der Waals surface area contributed by atoms with E-state index >= 15 is 0 Å². The Labute approximate surface area is 114 Å². The van der Waals surface area contributed by atoms with Crippen molar-refractivity contribution in [2.75, 3.05) is 0 Å². The van der Waals surface area contributed by atoms with Gasteiger partial charge in [0.1, 0.15) is 5.56 Å². The fourth-order valence-electron chi connectivity index (χ4n) is 1.78. The molecule has 1 heterocycles. The summed E-state index contributed by atoms with van der Waals surface area (Å²) in [5.41, 5.74) is -3.62. The van der Waals surface area contributed by atoms with E-state index in [0.29, 0.717) is 0 Å². The number of nitrogens with zero attached hydrogens (tertiary/aromatic N) is 2. The summed E-state index contributed by atoms with van der Waals surface area (Å²) in [6.45, 7) is 1.41. The fraction of sp³-hybridized carbons (Fsp3) is 0.182. The van der Waals surface area contributed by atoms with Crippen LogP contribution in [0.5, 0.6) is 11.5 Å². The molecular weight excluding hydrogens is 297 g/mol. The first-order valence-electron chi connectivity index (χ1n) is 5.37. The maximum atomic E-state index is 13.0. The van der Waals surface area contributed by atoms with Crippen LogP contribution >= 0.6 is 0 Å². The summed E-state index contributed by atoms with van der Waals surface area (Å²) in [5.74, 6) is -3.08. The molecule has 0 aliphatic heterocycles. The van der Waals surface area contributed by atoms with E-state index in [4.69, 9.17) is 0 Å². The summed E-state index contributed by atoms with van der Waals surface area (Å²) in [6, 6.07) is 1.24. The third-order valence-electron chi connectivity index (χ3n) is 2.62. The Balaban J connectivity index is 2.93. The van der Waals surface area contributed by atoms with E-state index < -0.39 is 45.2 Å². The van der Waals surface area contributed by atoms with Crippen LogP contribution in [0.4, 0.5) is 18.9 Å². The van der Waals surface area contributed by atoms with Crippen molar-refractivity contribution in [3.05, 3.63) is 33.5 Å². The highest BCUT2D eigenvalue weighted by Crippen LogP contribution is 2.49. The molecule has 7 nitrogen and oxygen atoms in total. The van der Waals surface area contributed by atoms with Crippen molar-refractivity contribution < 1.29 is 32.8 Å². The predicted octanol–water partition coefficient (Wildman–Crippen LogP) is 2.99. The molecule has 10 heteroatoms. The molecule has 0 spiro atoms. The molecule has 2 rings (SSSR count). The molecule has 0 saturated heterocycles. The van der Waals surface area contributed by atoms with Crippen LogP contribution in [0.3, 0.4) is 0 Å². The average Bonchev–Trinajstić information content (AvgIpc) is 2.76. The zero-order chi connectivity index (χ0) is 15.9. The van der Waals surface area contributed by atoms with Gasteiger partial charge in [-0.1, -0.05) is 5.16 Å². The number of rotatable bonds is 2. The van der Waals surface area contributed by atoms with Crippen molar-refractivity contribution in [2.24, 2.45) is 0 Å². The lowest BCUT2D eigenvalue weighted by molar-refractivity contribution is -0.385. The van der Waals surface area contributed by atoms with Gasteiger partial charge in [0.05, 0.1) is 16.2 Å². The van der Waals surface area contributed by atoms with Crippen molar-refractivity contribution in [3.8, 4) is 22.8 Å². The monoisotopic (exact) mass is 304 g/mol. The van der Waals surface area contributed by atoms with E-state index in [1.165, 1.54) is 6.92 Å². The molecule has 0 saturated carbocycles. The average molecular weight is 304 g/mol. The third kappa shape index (κ3) is 2.47. The van der Waals surface area contributed by atoms with E-state index in [9.17, 15) is 33.5 Å². The van der Waals surface area contributed by atoms with Crippen LogP contribution in [-0.2, 0) is 6.18 Å². The van der Waals surface area contributed by atoms with Gasteiger partial charge in [-0.05, 0) is 13.0 Å². The molecule has 21 heavy (non-hydrogen) atoms. The molecule has 0 fully saturated rings. The van der Waals surface area contributed by atoms with Gasteiger partial charge in [-0.15, -0.1) is 0 Å². The largest absolute Gasteiger partial charge is 0.504 e. The first-order valence-corrected chi connectivity index (χ1v) is 5.37. The van der Waals surface area contributed by atoms with Gasteiger partial charge in [0.15, 0.2) is 11.5 Å². The number of hydrogen-bond acceptors (Lipinski definition) is 6. The summed E-state index contributed by atoms with van der Waals surface area (Å²) < 4.78 is 43.7. The van der Waals surface area contributed by atoms with Crippen LogP contribution < -0.4 is 0 Å². The number of phenols is 2. The SMILES string of the molecule is Cc1cc(-c2c(C(F)(F)F)cc(O)c(O)c2[N+](=O)[O-])on1. The Morgan fingerprint density at radius 3 is 2.38 bits per heavy atom. The molecule has 1 aromatic heterocycles. The summed E-state index contributed by atoms with van der Waals surface area (Å²) >= 11 is 0. The van der Waals surface area contributed by atoms with Gasteiger partial charge in [0.25, 0.3) is 0 Å². The minimum Gasteiger partial charge on any atom is -0.504 e. The van der Waals surface area contributed by atoms with Crippen molar-refractivity contribution in [1.29, 1.82) is 0 Å². The van der Waals surface area contributed by atoms with Crippen LogP contribution in [0, 0.1) is 17.0 Å². The number of aryl methyl sites for hydroxylation is 1. The number of aromatic hydroxyl groups is 2. The molecule has 2 aromatic rings. The minimum atomic E-state index is -5.01. The molecule has 2 N–H and O–H groups in total. The zero-order valence-electron chi connectivity index (χ0n) is 10.3. The molecule has 1 aromatic carbocycles. The third-order valence-corrected chi connectivity index (χ3v) is 2.62. The molecule has 0 aliphatic rings. The van der Waals surface area contributed by atoms with E-state index in [1.54, 1.807) is 0 Å². The lowest BCUT2D eigenvalue weighted by atomic mass is 10.0. The van der Waals surface area contributed by atoms with Crippen molar-refractivity contribution >= 4 is 5.69 Å². The Bertz CT molecular complexity index is 723. The molecule has 0 unspecified atom stereocenters. The highest BCUT2D eigenvalue weighted by molar-refractivity contribution is 5.80. The quantitative estimate of drug-likeness (QED) is 0.501. The second-order valence-corrected chi connectivity index (χ2v) is 4.10. The van der Waals surface area contributed by atoms with Gasteiger partial charge in [-0.3, -0.25) is 10.1 Å². The lowest BCUT2D eigenvalue weighted by Gasteiger charge is -2.12. The van der Waals surface area contributed by atoms with Gasteiger partial charge in [0, 0.05) is 6.07 Å². The van der Waals surface area contributed by atoms with Crippen molar-refractivity contribution in [1.82, 2.24) is 5.16 Å². The Morgan fingerprint density at radius 1 is 1.33 bits per heavy atom. The first-order chi connectivity index (χ1) is 9.62. The maximum absolute atomic E-state index is 13.0. The number of phenolic OH excluding ortho intramolecular Hbond substituents is 2. The fourth-order valence-corrected chi connectivity index (χ4v) is 1.78. The van der Waals surface area contributed by atoms with Crippen molar-refractivity contribution in [3.63, 3.8) is 0 Å². The van der Waals surface area contributed by atoms with Gasteiger partial charge in [0.2, 0.25) is 5.75 Å². The molecule has 0 radical (unpaired) electrons. The minimum absolute atomic E-state index is 0.190. The molecule has 0 atom stereocenters. The number of nitro benzene ring substituents is 1. The Morgan fingerprint density at radius 2 is 1.95 bits per heavy atom. The molecule has 0 aliphatic carbocycles. The van der Waals surface area contributed by atoms with E-state index in [0.717, 1.165) is 6.07 Å². The van der Waals surface area contributed by atoms with Crippen LogP contribution in [0.15, 0.2) is 16.7 Å². The van der Waals surface area contributed by atoms with Gasteiger partial charge < -0.3 is 14.7 Å². The summed E-state index contributed by atoms with van der Waals surface area (Å²) in [4.78, 5) is 9.72. The molecular formula is C11H7F3N2O5. The predicted molar refractivity (Wildman–Crippen MR) is 61.7 cm³/mol. The number of nitro groups is 1. The smallest absolute Gasteiger partial charge is 0.417 e. The number of hydrogen-bond donors (Lipinski definition) is 2. The molecule has 112 valence electrons. The van der Waals surface area contributed by atoms with E-state index in [1.807, 2.05) is 0 Å². The number of aromatic nitrogens is 1. The maximum Gasteiger partial charge on any atom is 0.417 e. The topological polar surface area (TPSA) is 110 Å². The highest BCUT2D eigenvalue weighted by Gasteiger charge is 2.41. The summed E-state index contributed by atoms with van der Waals surface area (Å²) in [7, 11) is 0. The summed E-state index contributed by atoms with van der Waals surface area (Å²) in [5, 5.41) is 33.1. The number of halogens is 3. The summed E-state index contributed by atoms with van der Waals surface area (Å²) in [6.07, 6.45) is -5.01. The standard InChI is InChI=1S/C11H7F3N2O5/c1-4-2-7(21-15-4)8-5(11(12,13)14)3-6(17)10(18)9(8)16(19)20/h2-3,17-18H,1H3. The lowest BCUT2D eigenvalue weighted by Crippen LogP contribution is -2.09. The van der Waals surface area contributed by atoms with Gasteiger partial charge in [-0.25, -0.2) is 0 Å². The van der Waals surface area contributed by atoms with Crippen LogP contribution in [0.2, 0.25) is 0 Å². The Kier molecular flexibility index (Phi) is 3.24. The first kappa shape index (κ1) is 14.6. The van der Waals surface area contributed by atoms with E-state index in [-0.39, 0.29) is 11.8 Å². The zero-order valence-corrected chi connectivity index (χ0v) is 10.3. The highest BCUT2D eigenvalue weighted by atomic mass is 19.4. The second-order valence-electron chi connectivity index (χ2n) is 4.10. The number of benzene rings is 1. The van der Waals surface area contributed by atoms with E-state index in [2.05, 4.69) is 9.68 Å².